The second-order valence-electron chi connectivity index (χ2n) is 8.28. The number of likely N-dealkylation sites (N-methyl/N-ethyl adjacent to an activating group) is 1. The minimum Gasteiger partial charge on any atom is -0.494 e. The smallest absolute Gasteiger partial charge is 0.229 e. The van der Waals surface area contributed by atoms with E-state index < -0.39 is 0 Å². The summed E-state index contributed by atoms with van der Waals surface area (Å²) in [6.07, 6.45) is 6.98. The Hall–Kier alpha value is -2.38. The lowest BCUT2D eigenvalue weighted by molar-refractivity contribution is 0.205. The topological polar surface area (TPSA) is 56.8 Å². The van der Waals surface area contributed by atoms with E-state index in [1.54, 1.807) is 0 Å². The highest BCUT2D eigenvalue weighted by Crippen LogP contribution is 2.20. The number of nitrogens with one attached hydrogen (secondary N) is 1. The fourth-order valence-electron chi connectivity index (χ4n) is 4.05. The van der Waals surface area contributed by atoms with Crippen LogP contribution >= 0.6 is 0 Å². The third-order valence-corrected chi connectivity index (χ3v) is 5.91. The number of hydrogen-bond acceptors (Lipinski definition) is 7. The lowest BCUT2D eigenvalue weighted by atomic mass is 10.1. The third kappa shape index (κ3) is 6.06. The van der Waals surface area contributed by atoms with Crippen LogP contribution in [0.2, 0.25) is 0 Å². The Bertz CT molecular complexity index is 770. The van der Waals surface area contributed by atoms with Gasteiger partial charge in [0.15, 0.2) is 0 Å². The summed E-state index contributed by atoms with van der Waals surface area (Å²) in [4.78, 5) is 16.3. The van der Waals surface area contributed by atoms with E-state index in [2.05, 4.69) is 32.0 Å². The van der Waals surface area contributed by atoms with Crippen molar-refractivity contribution in [2.75, 3.05) is 69.7 Å². The maximum Gasteiger partial charge on any atom is 0.229 e. The Morgan fingerprint density at radius 2 is 1.70 bits per heavy atom. The van der Waals surface area contributed by atoms with Crippen LogP contribution in [0.4, 0.5) is 17.5 Å². The van der Waals surface area contributed by atoms with Crippen LogP contribution in [-0.2, 0) is 0 Å². The summed E-state index contributed by atoms with van der Waals surface area (Å²) in [5, 5.41) is 3.31. The molecule has 3 heterocycles. The van der Waals surface area contributed by atoms with Crippen LogP contribution in [-0.4, -0.2) is 79.2 Å². The van der Waals surface area contributed by atoms with Crippen LogP contribution in [0, 0.1) is 0 Å². The van der Waals surface area contributed by atoms with Crippen molar-refractivity contribution in [2.24, 2.45) is 0 Å². The highest BCUT2D eigenvalue weighted by molar-refractivity contribution is 5.56. The Balaban J connectivity index is 1.24. The molecule has 0 aliphatic carbocycles. The molecule has 2 aromatic rings. The van der Waals surface area contributed by atoms with E-state index in [4.69, 9.17) is 9.72 Å². The van der Waals surface area contributed by atoms with Gasteiger partial charge in [0, 0.05) is 44.6 Å². The zero-order valence-electron chi connectivity index (χ0n) is 18.1. The lowest BCUT2D eigenvalue weighted by Gasteiger charge is -2.33. The molecule has 0 spiro atoms. The van der Waals surface area contributed by atoms with E-state index >= 15 is 0 Å². The highest BCUT2D eigenvalue weighted by Gasteiger charge is 2.15. The summed E-state index contributed by atoms with van der Waals surface area (Å²) in [5.74, 6) is 2.52. The van der Waals surface area contributed by atoms with Crippen molar-refractivity contribution < 1.29 is 4.74 Å². The van der Waals surface area contributed by atoms with E-state index in [1.165, 1.54) is 32.4 Å². The van der Waals surface area contributed by atoms with Gasteiger partial charge in [0.25, 0.3) is 0 Å². The van der Waals surface area contributed by atoms with E-state index in [1.807, 2.05) is 36.5 Å². The van der Waals surface area contributed by atoms with Gasteiger partial charge in [0.1, 0.15) is 11.6 Å². The number of ether oxygens (including phenoxy) is 1. The van der Waals surface area contributed by atoms with Crippen LogP contribution in [0.25, 0.3) is 0 Å². The van der Waals surface area contributed by atoms with Crippen molar-refractivity contribution >= 4 is 17.5 Å². The third-order valence-electron chi connectivity index (χ3n) is 5.91. The molecule has 0 unspecified atom stereocenters. The SMILES string of the molecule is CN1CCN(c2ccnc(Nc3ccc(OCCCN4CCCCC4)cc3)n2)CC1. The fourth-order valence-corrected chi connectivity index (χ4v) is 4.05. The van der Waals surface area contributed by atoms with Crippen molar-refractivity contribution in [1.29, 1.82) is 0 Å². The average molecular weight is 411 g/mol. The summed E-state index contributed by atoms with van der Waals surface area (Å²) in [6, 6.07) is 10.0. The molecule has 2 aliphatic rings. The number of likely N-dealkylation sites (tertiary alicyclic amines) is 1. The van der Waals surface area contributed by atoms with Gasteiger partial charge >= 0.3 is 0 Å². The van der Waals surface area contributed by atoms with Gasteiger partial charge in [0.05, 0.1) is 6.61 Å². The summed E-state index contributed by atoms with van der Waals surface area (Å²) in [5.41, 5.74) is 0.964. The van der Waals surface area contributed by atoms with E-state index in [0.29, 0.717) is 5.95 Å². The fraction of sp³-hybridized carbons (Fsp3) is 0.565. The first-order valence-electron chi connectivity index (χ1n) is 11.2. The highest BCUT2D eigenvalue weighted by atomic mass is 16.5. The van der Waals surface area contributed by atoms with Gasteiger partial charge in [-0.3, -0.25) is 0 Å². The largest absolute Gasteiger partial charge is 0.494 e. The molecular weight excluding hydrogens is 376 g/mol. The first-order valence-corrected chi connectivity index (χ1v) is 11.2. The monoisotopic (exact) mass is 410 g/mol. The van der Waals surface area contributed by atoms with Crippen molar-refractivity contribution in [3.63, 3.8) is 0 Å². The molecule has 0 atom stereocenters. The normalized spacial score (nSPS) is 18.4. The van der Waals surface area contributed by atoms with Crippen molar-refractivity contribution in [2.45, 2.75) is 25.7 Å². The first-order chi connectivity index (χ1) is 14.8. The van der Waals surface area contributed by atoms with Gasteiger partial charge < -0.3 is 24.8 Å². The molecule has 2 fully saturated rings. The minimum absolute atomic E-state index is 0.627. The maximum atomic E-state index is 5.91. The molecule has 1 aromatic heterocycles. The molecule has 2 aliphatic heterocycles. The van der Waals surface area contributed by atoms with Gasteiger partial charge in [-0.25, -0.2) is 4.98 Å². The number of aromatic nitrogens is 2. The molecule has 2 saturated heterocycles. The Kier molecular flexibility index (Phi) is 7.37. The average Bonchev–Trinajstić information content (AvgIpc) is 2.79. The maximum absolute atomic E-state index is 5.91. The summed E-state index contributed by atoms with van der Waals surface area (Å²) in [6.45, 7) is 8.52. The van der Waals surface area contributed by atoms with Crippen molar-refractivity contribution in [3.8, 4) is 5.75 Å². The van der Waals surface area contributed by atoms with Crippen LogP contribution in [0.5, 0.6) is 5.75 Å². The summed E-state index contributed by atoms with van der Waals surface area (Å²) < 4.78 is 5.91. The van der Waals surface area contributed by atoms with Gasteiger partial charge in [0.2, 0.25) is 5.95 Å². The number of anilines is 3. The van der Waals surface area contributed by atoms with Crippen LogP contribution in [0.3, 0.4) is 0 Å². The standard InChI is InChI=1S/C23H34N6O/c1-27-15-17-29(18-16-27)22-10-11-24-23(26-22)25-20-6-8-21(9-7-20)30-19-5-14-28-12-3-2-4-13-28/h6-11H,2-5,12-19H2,1H3,(H,24,25,26). The molecular formula is C23H34N6O. The van der Waals surface area contributed by atoms with Gasteiger partial charge in [-0.1, -0.05) is 6.42 Å². The van der Waals surface area contributed by atoms with Gasteiger partial charge in [-0.05, 0) is 69.7 Å². The molecule has 0 saturated carbocycles. The second-order valence-corrected chi connectivity index (χ2v) is 8.28. The zero-order valence-corrected chi connectivity index (χ0v) is 18.1. The molecule has 7 heteroatoms. The van der Waals surface area contributed by atoms with E-state index in [-0.39, 0.29) is 0 Å². The van der Waals surface area contributed by atoms with E-state index in [9.17, 15) is 0 Å². The van der Waals surface area contributed by atoms with E-state index in [0.717, 1.165) is 63.0 Å². The zero-order chi connectivity index (χ0) is 20.6. The summed E-state index contributed by atoms with van der Waals surface area (Å²) in [7, 11) is 2.16. The van der Waals surface area contributed by atoms with Crippen molar-refractivity contribution in [1.82, 2.24) is 19.8 Å². The van der Waals surface area contributed by atoms with Crippen LogP contribution in [0.1, 0.15) is 25.7 Å². The van der Waals surface area contributed by atoms with Crippen LogP contribution < -0.4 is 15.0 Å². The second kappa shape index (κ2) is 10.6. The molecule has 4 rings (SSSR count). The minimum atomic E-state index is 0.627. The summed E-state index contributed by atoms with van der Waals surface area (Å²) >= 11 is 0. The number of hydrogen-bond donors (Lipinski definition) is 1. The molecule has 1 aromatic carbocycles. The van der Waals surface area contributed by atoms with Gasteiger partial charge in [-0.2, -0.15) is 4.98 Å². The molecule has 1 N–H and O–H groups in total. The number of benzene rings is 1. The number of piperazine rings is 1. The molecule has 0 amide bonds. The molecule has 162 valence electrons. The van der Waals surface area contributed by atoms with Crippen LogP contribution in [0.15, 0.2) is 36.5 Å². The van der Waals surface area contributed by atoms with Gasteiger partial charge in [-0.15, -0.1) is 0 Å². The molecule has 0 radical (unpaired) electrons. The number of rotatable bonds is 8. The quantitative estimate of drug-likeness (QED) is 0.671. The molecule has 30 heavy (non-hydrogen) atoms. The number of piperidine rings is 1. The predicted octanol–water partition coefficient (Wildman–Crippen LogP) is 3.23. The Labute approximate surface area is 180 Å². The first kappa shape index (κ1) is 20.9. The Morgan fingerprint density at radius 1 is 0.933 bits per heavy atom. The Morgan fingerprint density at radius 3 is 2.47 bits per heavy atom. The lowest BCUT2D eigenvalue weighted by Crippen LogP contribution is -2.44. The predicted molar refractivity (Wildman–Crippen MR) is 122 cm³/mol. The number of nitrogens with zero attached hydrogens (tertiary/aromatic N) is 5. The van der Waals surface area contributed by atoms with Crippen molar-refractivity contribution in [3.05, 3.63) is 36.5 Å². The molecule has 0 bridgehead atoms. The molecule has 7 nitrogen and oxygen atoms in total.